The highest BCUT2D eigenvalue weighted by molar-refractivity contribution is 5.92. The second kappa shape index (κ2) is 9.16. The van der Waals surface area contributed by atoms with Gasteiger partial charge in [0.05, 0.1) is 16.9 Å². The minimum Gasteiger partial charge on any atom is -0.390 e. The summed E-state index contributed by atoms with van der Waals surface area (Å²) in [6.07, 6.45) is 6.28. The van der Waals surface area contributed by atoms with E-state index in [0.717, 1.165) is 32.1 Å². The lowest BCUT2D eigenvalue weighted by Crippen LogP contribution is -2.61. The van der Waals surface area contributed by atoms with Gasteiger partial charge >= 0.3 is 0 Å². The fourth-order valence-corrected chi connectivity index (χ4v) is 7.67. The normalized spacial score (nSPS) is 32.5. The first-order valence-electron chi connectivity index (χ1n) is 13.9. The van der Waals surface area contributed by atoms with Gasteiger partial charge in [-0.3, -0.25) is 4.79 Å². The van der Waals surface area contributed by atoms with Gasteiger partial charge in [0.25, 0.3) is 5.91 Å². The van der Waals surface area contributed by atoms with Crippen LogP contribution in [0.3, 0.4) is 0 Å². The molecule has 2 aromatic rings. The molecule has 0 radical (unpaired) electrons. The Labute approximate surface area is 223 Å². The van der Waals surface area contributed by atoms with Crippen molar-refractivity contribution < 1.29 is 19.4 Å². The molecule has 38 heavy (non-hydrogen) atoms. The summed E-state index contributed by atoms with van der Waals surface area (Å²) >= 11 is 0. The van der Waals surface area contributed by atoms with Gasteiger partial charge in [-0.05, 0) is 94.4 Å². The van der Waals surface area contributed by atoms with Gasteiger partial charge in [-0.1, -0.05) is 6.07 Å². The maximum Gasteiger partial charge on any atom is 0.270 e. The molecule has 1 aromatic carbocycles. The van der Waals surface area contributed by atoms with Crippen LogP contribution in [0.15, 0.2) is 30.5 Å². The topological polar surface area (TPSA) is 102 Å². The second-order valence-electron chi connectivity index (χ2n) is 12.6. The zero-order valence-corrected chi connectivity index (χ0v) is 22.4. The molecule has 1 aliphatic heterocycles. The summed E-state index contributed by atoms with van der Waals surface area (Å²) in [5, 5.41) is 24.3. The first-order chi connectivity index (χ1) is 18.0. The Morgan fingerprint density at radius 2 is 1.89 bits per heavy atom. The van der Waals surface area contributed by atoms with E-state index in [1.54, 1.807) is 38.2 Å². The maximum atomic E-state index is 14.9. The van der Waals surface area contributed by atoms with Gasteiger partial charge in [0.1, 0.15) is 11.5 Å². The number of carbonyl (C=O) groups excluding carboxylic acids is 1. The minimum atomic E-state index is -1.10. The van der Waals surface area contributed by atoms with E-state index < -0.39 is 11.2 Å². The van der Waals surface area contributed by atoms with E-state index in [4.69, 9.17) is 0 Å². The van der Waals surface area contributed by atoms with Gasteiger partial charge in [0.15, 0.2) is 0 Å². The Bertz CT molecular complexity index is 1220. The summed E-state index contributed by atoms with van der Waals surface area (Å²) < 4.78 is 14.9. The highest BCUT2D eigenvalue weighted by Gasteiger charge is 2.55. The summed E-state index contributed by atoms with van der Waals surface area (Å²) in [7, 11) is 0. The molecule has 3 N–H and O–H groups in total. The van der Waals surface area contributed by atoms with E-state index in [1.807, 2.05) is 11.8 Å². The van der Waals surface area contributed by atoms with Crippen LogP contribution in [-0.2, 0) is 5.60 Å². The fourth-order valence-electron chi connectivity index (χ4n) is 7.67. The second-order valence-corrected chi connectivity index (χ2v) is 12.6. The molecule has 3 unspecified atom stereocenters. The third-order valence-corrected chi connectivity index (χ3v) is 9.29. The van der Waals surface area contributed by atoms with Crippen molar-refractivity contribution in [3.8, 4) is 0 Å². The van der Waals surface area contributed by atoms with E-state index in [2.05, 4.69) is 20.2 Å². The van der Waals surface area contributed by atoms with Crippen molar-refractivity contribution in [1.82, 2.24) is 15.3 Å². The monoisotopic (exact) mass is 523 g/mol. The number of amides is 1. The third kappa shape index (κ3) is 4.64. The van der Waals surface area contributed by atoms with Gasteiger partial charge in [-0.25, -0.2) is 14.4 Å². The molecule has 0 spiro atoms. The molecule has 1 amide bonds. The molecule has 3 atom stereocenters. The van der Waals surface area contributed by atoms with Gasteiger partial charge in [0, 0.05) is 37.9 Å². The largest absolute Gasteiger partial charge is 0.390 e. The number of nitrogens with zero attached hydrogens (tertiary/aromatic N) is 4. The fraction of sp³-hybridized carbons (Fsp3) is 0.621. The number of aromatic nitrogens is 2. The Kier molecular flexibility index (Phi) is 6.14. The lowest BCUT2D eigenvalue weighted by Gasteiger charge is -2.58. The van der Waals surface area contributed by atoms with Crippen LogP contribution in [0.2, 0.25) is 0 Å². The van der Waals surface area contributed by atoms with Crippen LogP contribution in [0.1, 0.15) is 68.9 Å². The molecule has 8 nitrogen and oxygen atoms in total. The predicted octanol–water partition coefficient (Wildman–Crippen LogP) is 3.23. The van der Waals surface area contributed by atoms with Gasteiger partial charge in [0.2, 0.25) is 5.95 Å². The molecule has 204 valence electrons. The lowest BCUT2D eigenvalue weighted by atomic mass is 9.52. The Morgan fingerprint density at radius 1 is 1.16 bits per heavy atom. The van der Waals surface area contributed by atoms with Crippen LogP contribution >= 0.6 is 0 Å². The molecule has 7 rings (SSSR count). The van der Waals surface area contributed by atoms with Crippen molar-refractivity contribution >= 4 is 17.5 Å². The first kappa shape index (κ1) is 25.5. The van der Waals surface area contributed by atoms with Gasteiger partial charge in [-0.15, -0.1) is 0 Å². The number of hydrogen-bond acceptors (Lipinski definition) is 7. The van der Waals surface area contributed by atoms with Crippen LogP contribution in [-0.4, -0.2) is 63.4 Å². The van der Waals surface area contributed by atoms with Crippen molar-refractivity contribution in [2.45, 2.75) is 76.2 Å². The zero-order valence-electron chi connectivity index (χ0n) is 22.4. The first-order valence-corrected chi connectivity index (χ1v) is 13.9. The smallest absolute Gasteiger partial charge is 0.270 e. The van der Waals surface area contributed by atoms with Crippen molar-refractivity contribution in [3.05, 3.63) is 47.5 Å². The van der Waals surface area contributed by atoms with Crippen LogP contribution in [0, 0.1) is 23.6 Å². The standard InChI is InChI=1S/C29H38FN5O3/c1-17-16-34(24-5-4-21(12-22(24)30)28(2,3)37)8-9-35(17)27-31-7-6-23(32-27)26(36)33-25-19-10-18-11-20(25)15-29(38,13-18)14-19/h4-7,12,17-20,25,37-38H,8-11,13-16H2,1-3H3,(H,33,36). The van der Waals surface area contributed by atoms with Gasteiger partial charge in [-0.2, -0.15) is 0 Å². The molecule has 4 aliphatic carbocycles. The van der Waals surface area contributed by atoms with Crippen molar-refractivity contribution in [2.75, 3.05) is 29.4 Å². The van der Waals surface area contributed by atoms with E-state index >= 15 is 0 Å². The highest BCUT2D eigenvalue weighted by Crippen LogP contribution is 2.55. The summed E-state index contributed by atoms with van der Waals surface area (Å²) in [6, 6.07) is 6.66. The van der Waals surface area contributed by atoms with E-state index in [1.165, 1.54) is 6.07 Å². The average Bonchev–Trinajstić information content (AvgIpc) is 2.84. The Hall–Kier alpha value is -2.78. The summed E-state index contributed by atoms with van der Waals surface area (Å²) in [6.45, 7) is 7.08. The molecular weight excluding hydrogens is 485 g/mol. The minimum absolute atomic E-state index is 0.000547. The molecule has 1 saturated heterocycles. The zero-order chi connectivity index (χ0) is 26.8. The SMILES string of the molecule is CC1CN(c2ccc(C(C)(C)O)cc2F)CCN1c1nccc(C(=O)NC2C3CC4CC2CC(O)(C4)C3)n1. The molecule has 5 fully saturated rings. The maximum absolute atomic E-state index is 14.9. The Morgan fingerprint density at radius 3 is 2.53 bits per heavy atom. The molecule has 4 bridgehead atoms. The quantitative estimate of drug-likeness (QED) is 0.553. The summed E-state index contributed by atoms with van der Waals surface area (Å²) in [4.78, 5) is 26.4. The molecule has 2 heterocycles. The molecule has 4 saturated carbocycles. The van der Waals surface area contributed by atoms with Crippen molar-refractivity contribution in [3.63, 3.8) is 0 Å². The number of nitrogens with one attached hydrogen (secondary N) is 1. The van der Waals surface area contributed by atoms with Gasteiger partial charge < -0.3 is 25.3 Å². The number of rotatable bonds is 5. The number of piperazine rings is 1. The predicted molar refractivity (Wildman–Crippen MR) is 142 cm³/mol. The van der Waals surface area contributed by atoms with Crippen molar-refractivity contribution in [2.24, 2.45) is 17.8 Å². The summed E-state index contributed by atoms with van der Waals surface area (Å²) in [5.41, 5.74) is -0.224. The number of carbonyl (C=O) groups is 1. The van der Waals surface area contributed by atoms with E-state index in [0.29, 0.717) is 60.3 Å². The molecule has 5 aliphatic rings. The third-order valence-electron chi connectivity index (χ3n) is 9.29. The van der Waals surface area contributed by atoms with E-state index in [9.17, 15) is 19.4 Å². The lowest BCUT2D eigenvalue weighted by molar-refractivity contribution is -0.136. The van der Waals surface area contributed by atoms with Crippen LogP contribution in [0.5, 0.6) is 0 Å². The van der Waals surface area contributed by atoms with E-state index in [-0.39, 0.29) is 23.8 Å². The van der Waals surface area contributed by atoms with Crippen LogP contribution in [0.4, 0.5) is 16.0 Å². The van der Waals surface area contributed by atoms with Crippen LogP contribution in [0.25, 0.3) is 0 Å². The van der Waals surface area contributed by atoms with Crippen molar-refractivity contribution in [1.29, 1.82) is 0 Å². The molecule has 1 aromatic heterocycles. The summed E-state index contributed by atoms with van der Waals surface area (Å²) in [5.74, 6) is 1.23. The number of hydrogen-bond donors (Lipinski definition) is 3. The average molecular weight is 524 g/mol. The Balaban J connectivity index is 1.12. The molecule has 9 heteroatoms. The number of anilines is 2. The number of aliphatic hydroxyl groups is 2. The molecular formula is C29H38FN5O3. The number of benzene rings is 1. The number of halogens is 1. The van der Waals surface area contributed by atoms with Crippen LogP contribution < -0.4 is 15.1 Å². The highest BCUT2D eigenvalue weighted by atomic mass is 19.1.